The molecule has 148 valence electrons. The van der Waals surface area contributed by atoms with Crippen molar-refractivity contribution in [1.29, 1.82) is 0 Å². The van der Waals surface area contributed by atoms with Gasteiger partial charge in [-0.2, -0.15) is 0 Å². The number of esters is 1. The van der Waals surface area contributed by atoms with Crippen molar-refractivity contribution in [2.45, 2.75) is 18.8 Å². The predicted octanol–water partition coefficient (Wildman–Crippen LogP) is 5.99. The molecule has 0 unspecified atom stereocenters. The van der Waals surface area contributed by atoms with Crippen LogP contribution in [0.15, 0.2) is 97.1 Å². The smallest absolute Gasteiger partial charge is 0.339 e. The Bertz CT molecular complexity index is 1040. The van der Waals surface area contributed by atoms with Crippen LogP contribution in [-0.4, -0.2) is 12.6 Å². The first-order chi connectivity index (χ1) is 14.7. The van der Waals surface area contributed by atoms with E-state index in [1.165, 1.54) is 0 Å². The molecule has 0 N–H and O–H groups in total. The predicted molar refractivity (Wildman–Crippen MR) is 120 cm³/mol. The first-order valence-corrected chi connectivity index (χ1v) is 10.3. The monoisotopic (exact) mass is 392 g/mol. The highest BCUT2D eigenvalue weighted by Gasteiger charge is 2.20. The molecule has 1 fully saturated rings. The Morgan fingerprint density at radius 3 is 2.07 bits per heavy atom. The summed E-state index contributed by atoms with van der Waals surface area (Å²) in [5.41, 5.74) is 4.32. The van der Waals surface area contributed by atoms with Crippen molar-refractivity contribution in [1.82, 2.24) is 0 Å². The van der Waals surface area contributed by atoms with E-state index in [4.69, 9.17) is 4.74 Å². The molecule has 0 bridgehead atoms. The molecule has 0 saturated heterocycles. The van der Waals surface area contributed by atoms with E-state index >= 15 is 0 Å². The zero-order valence-electron chi connectivity index (χ0n) is 16.9. The number of rotatable bonds is 6. The maximum atomic E-state index is 12.8. The minimum Gasteiger partial charge on any atom is -0.458 e. The van der Waals surface area contributed by atoms with Gasteiger partial charge >= 0.3 is 5.97 Å². The van der Waals surface area contributed by atoms with Crippen LogP contribution in [0.3, 0.4) is 0 Å². The first kappa shape index (κ1) is 19.7. The Balaban J connectivity index is 1.50. The van der Waals surface area contributed by atoms with Crippen LogP contribution in [0.5, 0.6) is 0 Å². The molecular weight excluding hydrogens is 368 g/mol. The third kappa shape index (κ3) is 4.88. The number of carbonyl (C=O) groups is 1. The Morgan fingerprint density at radius 1 is 0.900 bits per heavy atom. The second kappa shape index (κ2) is 9.29. The fraction of sp³-hybridized carbons (Fsp3) is 0.179. The summed E-state index contributed by atoms with van der Waals surface area (Å²) in [6.45, 7) is 4.41. The van der Waals surface area contributed by atoms with Crippen molar-refractivity contribution < 1.29 is 9.53 Å². The summed E-state index contributed by atoms with van der Waals surface area (Å²) < 4.78 is 5.67. The molecule has 4 rings (SSSR count). The summed E-state index contributed by atoms with van der Waals surface area (Å²) in [4.78, 5) is 12.8. The molecule has 1 aliphatic carbocycles. The van der Waals surface area contributed by atoms with Crippen LogP contribution in [0.1, 0.15) is 45.8 Å². The Morgan fingerprint density at radius 2 is 1.47 bits per heavy atom. The van der Waals surface area contributed by atoms with E-state index in [9.17, 15) is 4.79 Å². The highest BCUT2D eigenvalue weighted by Crippen LogP contribution is 2.31. The van der Waals surface area contributed by atoms with Gasteiger partial charge in [0.05, 0.1) is 5.56 Å². The van der Waals surface area contributed by atoms with E-state index in [0.717, 1.165) is 35.1 Å². The molecule has 1 aliphatic rings. The molecule has 2 heteroatoms. The topological polar surface area (TPSA) is 26.3 Å². The van der Waals surface area contributed by atoms with Gasteiger partial charge in [-0.3, -0.25) is 0 Å². The van der Waals surface area contributed by atoms with Gasteiger partial charge < -0.3 is 4.74 Å². The lowest BCUT2D eigenvalue weighted by molar-refractivity contribution is 0.0536. The summed E-state index contributed by atoms with van der Waals surface area (Å²) in [6, 6.07) is 27.7. The summed E-state index contributed by atoms with van der Waals surface area (Å²) >= 11 is 0. The SMILES string of the molecule is C=C(COC(=O)c1ccccc1C#CC1CC1)C(c1ccccc1)c1ccccc1. The summed E-state index contributed by atoms with van der Waals surface area (Å²) in [6.07, 6.45) is 2.31. The molecule has 1 saturated carbocycles. The second-order valence-corrected chi connectivity index (χ2v) is 7.58. The van der Waals surface area contributed by atoms with Gasteiger partial charge in [0.2, 0.25) is 0 Å². The normalized spacial score (nSPS) is 12.7. The lowest BCUT2D eigenvalue weighted by atomic mass is 9.86. The maximum Gasteiger partial charge on any atom is 0.339 e. The van der Waals surface area contributed by atoms with Crippen molar-refractivity contribution in [3.8, 4) is 11.8 Å². The van der Waals surface area contributed by atoms with Crippen molar-refractivity contribution in [3.05, 3.63) is 119 Å². The summed E-state index contributed by atoms with van der Waals surface area (Å²) in [5, 5.41) is 0. The van der Waals surface area contributed by atoms with Crippen LogP contribution in [-0.2, 0) is 4.74 Å². The third-order valence-corrected chi connectivity index (χ3v) is 5.20. The zero-order valence-corrected chi connectivity index (χ0v) is 16.9. The van der Waals surface area contributed by atoms with Gasteiger partial charge in [0.15, 0.2) is 0 Å². The van der Waals surface area contributed by atoms with Crippen LogP contribution in [0.4, 0.5) is 0 Å². The van der Waals surface area contributed by atoms with E-state index in [-0.39, 0.29) is 18.5 Å². The second-order valence-electron chi connectivity index (χ2n) is 7.58. The van der Waals surface area contributed by atoms with E-state index in [2.05, 4.69) is 42.7 Å². The number of hydrogen-bond acceptors (Lipinski definition) is 2. The average molecular weight is 392 g/mol. The van der Waals surface area contributed by atoms with E-state index < -0.39 is 0 Å². The van der Waals surface area contributed by atoms with Gasteiger partial charge in [0, 0.05) is 17.4 Å². The van der Waals surface area contributed by atoms with Gasteiger partial charge in [-0.25, -0.2) is 4.79 Å². The van der Waals surface area contributed by atoms with Crippen molar-refractivity contribution in [3.63, 3.8) is 0 Å². The molecule has 0 aliphatic heterocycles. The maximum absolute atomic E-state index is 12.8. The summed E-state index contributed by atoms with van der Waals surface area (Å²) in [7, 11) is 0. The molecular formula is C28H24O2. The van der Waals surface area contributed by atoms with Gasteiger partial charge in [-0.15, -0.1) is 0 Å². The van der Waals surface area contributed by atoms with Crippen molar-refractivity contribution in [2.24, 2.45) is 5.92 Å². The highest BCUT2D eigenvalue weighted by atomic mass is 16.5. The van der Waals surface area contributed by atoms with Crippen molar-refractivity contribution in [2.75, 3.05) is 6.61 Å². The van der Waals surface area contributed by atoms with Crippen LogP contribution in [0.25, 0.3) is 0 Å². The lowest BCUT2D eigenvalue weighted by Crippen LogP contribution is -2.14. The summed E-state index contributed by atoms with van der Waals surface area (Å²) in [5.74, 6) is 6.44. The molecule has 0 spiro atoms. The largest absolute Gasteiger partial charge is 0.458 e. The molecule has 30 heavy (non-hydrogen) atoms. The lowest BCUT2D eigenvalue weighted by Gasteiger charge is -2.21. The first-order valence-electron chi connectivity index (χ1n) is 10.3. The van der Waals surface area contributed by atoms with Gasteiger partial charge in [-0.1, -0.05) is 91.2 Å². The fourth-order valence-electron chi connectivity index (χ4n) is 3.45. The Hall–Kier alpha value is -3.57. The zero-order chi connectivity index (χ0) is 20.8. The van der Waals surface area contributed by atoms with Gasteiger partial charge in [0.1, 0.15) is 6.61 Å². The number of ether oxygens (including phenoxy) is 1. The Labute approximate surface area is 178 Å². The molecule has 0 aromatic heterocycles. The standard InChI is InChI=1S/C28H24O2/c1-21(27(24-11-4-2-5-12-24)25-13-6-3-7-14-25)20-30-28(29)26-15-9-8-10-23(26)19-18-22-16-17-22/h2-15,22,27H,1,16-17,20H2. The van der Waals surface area contributed by atoms with Crippen LogP contribution in [0.2, 0.25) is 0 Å². The van der Waals surface area contributed by atoms with Gasteiger partial charge in [-0.05, 0) is 41.7 Å². The molecule has 0 heterocycles. The van der Waals surface area contributed by atoms with Gasteiger partial charge in [0.25, 0.3) is 0 Å². The van der Waals surface area contributed by atoms with Crippen LogP contribution in [0, 0.1) is 17.8 Å². The molecule has 0 atom stereocenters. The minimum atomic E-state index is -0.364. The molecule has 3 aromatic carbocycles. The number of hydrogen-bond donors (Lipinski definition) is 0. The van der Waals surface area contributed by atoms with Crippen molar-refractivity contribution >= 4 is 5.97 Å². The number of benzene rings is 3. The average Bonchev–Trinajstić information content (AvgIpc) is 3.62. The van der Waals surface area contributed by atoms with E-state index in [0.29, 0.717) is 11.5 Å². The molecule has 3 aromatic rings. The molecule has 2 nitrogen and oxygen atoms in total. The molecule has 0 amide bonds. The Kier molecular flexibility index (Phi) is 6.11. The quantitative estimate of drug-likeness (QED) is 0.292. The number of carbonyl (C=O) groups excluding carboxylic acids is 1. The third-order valence-electron chi connectivity index (χ3n) is 5.20. The van der Waals surface area contributed by atoms with E-state index in [1.807, 2.05) is 54.6 Å². The van der Waals surface area contributed by atoms with Crippen LogP contribution >= 0.6 is 0 Å². The van der Waals surface area contributed by atoms with Crippen LogP contribution < -0.4 is 0 Å². The minimum absolute atomic E-state index is 0.0369. The highest BCUT2D eigenvalue weighted by molar-refractivity contribution is 5.92. The molecule has 0 radical (unpaired) electrons. The van der Waals surface area contributed by atoms with E-state index in [1.54, 1.807) is 6.07 Å². The fourth-order valence-corrected chi connectivity index (χ4v) is 3.45.